The van der Waals surface area contributed by atoms with Crippen LogP contribution in [0.3, 0.4) is 0 Å². The summed E-state index contributed by atoms with van der Waals surface area (Å²) in [7, 11) is 0. The number of ether oxygens (including phenoxy) is 1. The van der Waals surface area contributed by atoms with Gasteiger partial charge in [0.05, 0.1) is 0 Å². The highest BCUT2D eigenvalue weighted by Crippen LogP contribution is 2.44. The van der Waals surface area contributed by atoms with Crippen molar-refractivity contribution in [2.24, 2.45) is 5.92 Å². The smallest absolute Gasteiger partial charge is 0.407 e. The van der Waals surface area contributed by atoms with E-state index in [0.717, 1.165) is 33.1 Å². The van der Waals surface area contributed by atoms with Gasteiger partial charge < -0.3 is 20.7 Å². The molecule has 3 amide bonds. The predicted octanol–water partition coefficient (Wildman–Crippen LogP) is 5.59. The summed E-state index contributed by atoms with van der Waals surface area (Å²) in [5, 5.41) is 8.91. The van der Waals surface area contributed by atoms with Crippen LogP contribution in [0.1, 0.15) is 43.4 Å². The summed E-state index contributed by atoms with van der Waals surface area (Å²) in [6.45, 7) is 5.40. The Labute approximate surface area is 231 Å². The molecule has 8 heteroatoms. The van der Waals surface area contributed by atoms with Crippen molar-refractivity contribution in [1.29, 1.82) is 0 Å². The fraction of sp³-hybridized carbons (Fsp3) is 0.300. The van der Waals surface area contributed by atoms with Gasteiger partial charge in [0.15, 0.2) is 0 Å². The normalized spacial score (nSPS) is 13.7. The van der Waals surface area contributed by atoms with Crippen molar-refractivity contribution in [1.82, 2.24) is 10.6 Å². The number of hydrogen-bond acceptors (Lipinski definition) is 4. The molecule has 1 aliphatic carbocycles. The Balaban J connectivity index is 1.33. The Morgan fingerprint density at radius 3 is 1.95 bits per heavy atom. The van der Waals surface area contributed by atoms with E-state index in [2.05, 4.69) is 44.0 Å². The molecule has 0 saturated carbocycles. The number of nitrogens with one attached hydrogen (secondary N) is 3. The van der Waals surface area contributed by atoms with Crippen molar-refractivity contribution in [3.63, 3.8) is 0 Å². The second-order valence-electron chi connectivity index (χ2n) is 9.74. The molecule has 0 bridgehead atoms. The van der Waals surface area contributed by atoms with Crippen LogP contribution in [0, 0.1) is 5.92 Å². The lowest BCUT2D eigenvalue weighted by atomic mass is 9.98. The fourth-order valence-electron chi connectivity index (χ4n) is 4.60. The highest BCUT2D eigenvalue weighted by molar-refractivity contribution is 9.08. The molecule has 0 heterocycles. The number of benzene rings is 3. The van der Waals surface area contributed by atoms with Crippen LogP contribution in [0.4, 0.5) is 10.5 Å². The van der Waals surface area contributed by atoms with Crippen molar-refractivity contribution >= 4 is 39.5 Å². The summed E-state index contributed by atoms with van der Waals surface area (Å²) in [6, 6.07) is 22.0. The second kappa shape index (κ2) is 12.3. The molecule has 0 spiro atoms. The molecule has 0 unspecified atom stereocenters. The molecule has 3 N–H and O–H groups in total. The van der Waals surface area contributed by atoms with Gasteiger partial charge in [0.2, 0.25) is 11.8 Å². The Kier molecular flexibility index (Phi) is 8.84. The van der Waals surface area contributed by atoms with Crippen LogP contribution in [0.5, 0.6) is 0 Å². The highest BCUT2D eigenvalue weighted by atomic mass is 79.9. The number of carbonyl (C=O) groups excluding carboxylic acids is 3. The zero-order valence-electron chi connectivity index (χ0n) is 21.7. The number of halogens is 1. The van der Waals surface area contributed by atoms with Gasteiger partial charge in [-0.25, -0.2) is 4.79 Å². The molecule has 4 rings (SSSR count). The van der Waals surface area contributed by atoms with Crippen LogP contribution < -0.4 is 16.0 Å². The van der Waals surface area contributed by atoms with E-state index < -0.39 is 24.1 Å². The van der Waals surface area contributed by atoms with Crippen LogP contribution in [-0.4, -0.2) is 36.6 Å². The molecule has 2 atom stereocenters. The standard InChI is InChI=1S/C30H32BrN3O4/c1-18(2)27(29(36)32-19(3)28(35)33-21-14-12-20(16-31)13-15-21)34-30(37)38-17-26-24-10-6-4-8-22(24)23-9-5-7-11-25(23)26/h4-15,18-19,26-27H,16-17H2,1-3H3,(H,32,36)(H,33,35)(H,34,37)/t19-,27-/m0/s1. The molecule has 3 aromatic carbocycles. The zero-order chi connectivity index (χ0) is 27.2. The van der Waals surface area contributed by atoms with E-state index in [-0.39, 0.29) is 24.3 Å². The zero-order valence-corrected chi connectivity index (χ0v) is 23.2. The second-order valence-corrected chi connectivity index (χ2v) is 10.3. The Morgan fingerprint density at radius 1 is 0.816 bits per heavy atom. The van der Waals surface area contributed by atoms with Crippen molar-refractivity contribution in [2.45, 2.75) is 44.1 Å². The first-order valence-electron chi connectivity index (χ1n) is 12.7. The van der Waals surface area contributed by atoms with Crippen molar-refractivity contribution in [3.05, 3.63) is 89.5 Å². The third-order valence-electron chi connectivity index (χ3n) is 6.69. The van der Waals surface area contributed by atoms with Gasteiger partial charge in [0, 0.05) is 16.9 Å². The van der Waals surface area contributed by atoms with Crippen molar-refractivity contribution < 1.29 is 19.1 Å². The molecular formula is C30H32BrN3O4. The van der Waals surface area contributed by atoms with Crippen molar-refractivity contribution in [3.8, 4) is 11.1 Å². The molecular weight excluding hydrogens is 546 g/mol. The van der Waals surface area contributed by atoms with Crippen molar-refractivity contribution in [2.75, 3.05) is 11.9 Å². The number of hydrogen-bond donors (Lipinski definition) is 3. The van der Waals surface area contributed by atoms with E-state index in [4.69, 9.17) is 4.74 Å². The molecule has 7 nitrogen and oxygen atoms in total. The maximum absolute atomic E-state index is 13.0. The highest BCUT2D eigenvalue weighted by Gasteiger charge is 2.31. The summed E-state index contributed by atoms with van der Waals surface area (Å²) >= 11 is 3.39. The average Bonchev–Trinajstić information content (AvgIpc) is 3.24. The third-order valence-corrected chi connectivity index (χ3v) is 7.34. The maximum Gasteiger partial charge on any atom is 0.407 e. The number of anilines is 1. The van der Waals surface area contributed by atoms with E-state index in [1.165, 1.54) is 0 Å². The Hall–Kier alpha value is -3.65. The van der Waals surface area contributed by atoms with Crippen LogP contribution in [-0.2, 0) is 19.7 Å². The van der Waals surface area contributed by atoms with Gasteiger partial charge in [0.1, 0.15) is 18.7 Å². The van der Waals surface area contributed by atoms with Gasteiger partial charge in [-0.2, -0.15) is 0 Å². The summed E-state index contributed by atoms with van der Waals surface area (Å²) in [5.41, 5.74) is 6.23. The van der Waals surface area contributed by atoms with E-state index in [1.54, 1.807) is 19.1 Å². The average molecular weight is 579 g/mol. The largest absolute Gasteiger partial charge is 0.449 e. The molecule has 198 valence electrons. The maximum atomic E-state index is 13.0. The fourth-order valence-corrected chi connectivity index (χ4v) is 4.97. The van der Waals surface area contributed by atoms with Gasteiger partial charge in [-0.05, 0) is 52.8 Å². The quantitative estimate of drug-likeness (QED) is 0.289. The number of alkyl carbamates (subject to hydrolysis) is 1. The molecule has 0 radical (unpaired) electrons. The van der Waals surface area contributed by atoms with Gasteiger partial charge in [0.25, 0.3) is 0 Å². The molecule has 0 aromatic heterocycles. The van der Waals surface area contributed by atoms with Gasteiger partial charge >= 0.3 is 6.09 Å². The molecule has 1 aliphatic rings. The third kappa shape index (κ3) is 6.25. The molecule has 0 fully saturated rings. The topological polar surface area (TPSA) is 96.5 Å². The van der Waals surface area contributed by atoms with E-state index in [1.807, 2.05) is 62.4 Å². The lowest BCUT2D eigenvalue weighted by Gasteiger charge is -2.24. The van der Waals surface area contributed by atoms with E-state index in [0.29, 0.717) is 5.69 Å². The molecule has 38 heavy (non-hydrogen) atoms. The minimum atomic E-state index is -0.862. The summed E-state index contributed by atoms with van der Waals surface area (Å²) in [5.74, 6) is -1.10. The SMILES string of the molecule is CC(C)[C@H](NC(=O)OCC1c2ccccc2-c2ccccc21)C(=O)N[C@@H](C)C(=O)Nc1ccc(CBr)cc1. The van der Waals surface area contributed by atoms with Crippen LogP contribution in [0.2, 0.25) is 0 Å². The number of fused-ring (bicyclic) bond motifs is 3. The van der Waals surface area contributed by atoms with Crippen LogP contribution in [0.15, 0.2) is 72.8 Å². The van der Waals surface area contributed by atoms with Gasteiger partial charge in [-0.3, -0.25) is 9.59 Å². The van der Waals surface area contributed by atoms with E-state index in [9.17, 15) is 14.4 Å². The number of rotatable bonds is 9. The number of alkyl halides is 1. The predicted molar refractivity (Wildman–Crippen MR) is 152 cm³/mol. The molecule has 0 aliphatic heterocycles. The van der Waals surface area contributed by atoms with Crippen LogP contribution >= 0.6 is 15.9 Å². The Morgan fingerprint density at radius 2 is 1.39 bits per heavy atom. The number of amides is 3. The lowest BCUT2D eigenvalue weighted by molar-refractivity contribution is -0.128. The monoisotopic (exact) mass is 577 g/mol. The molecule has 3 aromatic rings. The lowest BCUT2D eigenvalue weighted by Crippen LogP contribution is -2.53. The molecule has 0 saturated heterocycles. The minimum Gasteiger partial charge on any atom is -0.449 e. The first kappa shape index (κ1) is 27.4. The first-order chi connectivity index (χ1) is 18.3. The van der Waals surface area contributed by atoms with Gasteiger partial charge in [-0.1, -0.05) is 90.4 Å². The first-order valence-corrected chi connectivity index (χ1v) is 13.8. The number of carbonyl (C=O) groups is 3. The summed E-state index contributed by atoms with van der Waals surface area (Å²) in [6.07, 6.45) is -0.676. The van der Waals surface area contributed by atoms with Crippen LogP contribution in [0.25, 0.3) is 11.1 Å². The Bertz CT molecular complexity index is 1260. The minimum absolute atomic E-state index is 0.0771. The van der Waals surface area contributed by atoms with E-state index >= 15 is 0 Å². The van der Waals surface area contributed by atoms with Gasteiger partial charge in [-0.15, -0.1) is 0 Å². The summed E-state index contributed by atoms with van der Waals surface area (Å²) in [4.78, 5) is 38.4. The summed E-state index contributed by atoms with van der Waals surface area (Å²) < 4.78 is 5.61.